The Morgan fingerprint density at radius 3 is 3.12 bits per heavy atom. The van der Waals surface area contributed by atoms with E-state index in [1.54, 1.807) is 11.3 Å². The summed E-state index contributed by atoms with van der Waals surface area (Å²) in [6.45, 7) is 2.24. The molecule has 0 fully saturated rings. The molecule has 3 rings (SSSR count). The van der Waals surface area contributed by atoms with Crippen molar-refractivity contribution in [3.05, 3.63) is 22.8 Å². The maximum absolute atomic E-state index is 9.34. The second-order valence-corrected chi connectivity index (χ2v) is 5.72. The summed E-state index contributed by atoms with van der Waals surface area (Å²) in [5.41, 5.74) is 0. The fourth-order valence-corrected chi connectivity index (χ4v) is 3.06. The van der Waals surface area contributed by atoms with Gasteiger partial charge in [0.05, 0.1) is 17.5 Å². The van der Waals surface area contributed by atoms with Crippen molar-refractivity contribution < 1.29 is 5.11 Å². The number of aliphatic hydroxyl groups excluding tert-OH is 1. The van der Waals surface area contributed by atoms with E-state index in [2.05, 4.69) is 29.1 Å². The largest absolute Gasteiger partial charge is 0.394 e. The summed E-state index contributed by atoms with van der Waals surface area (Å²) >= 11 is 1.71. The summed E-state index contributed by atoms with van der Waals surface area (Å²) in [4.78, 5) is 6.97. The van der Waals surface area contributed by atoms with Crippen LogP contribution in [-0.2, 0) is 6.42 Å². The van der Waals surface area contributed by atoms with E-state index in [1.807, 2.05) is 4.68 Å². The zero-order chi connectivity index (χ0) is 11.8. The minimum Gasteiger partial charge on any atom is -0.394 e. The smallest absolute Gasteiger partial charge is 0.191 e. The van der Waals surface area contributed by atoms with E-state index >= 15 is 0 Å². The van der Waals surface area contributed by atoms with Crippen molar-refractivity contribution >= 4 is 11.3 Å². The van der Waals surface area contributed by atoms with Crippen molar-refractivity contribution in [3.8, 4) is 10.7 Å². The predicted octanol–water partition coefficient (Wildman–Crippen LogP) is 2.18. The van der Waals surface area contributed by atoms with E-state index in [1.165, 1.54) is 4.88 Å². The van der Waals surface area contributed by atoms with Crippen LogP contribution in [0.3, 0.4) is 0 Å². The monoisotopic (exact) mass is 249 g/mol. The second kappa shape index (κ2) is 4.23. The molecule has 1 aliphatic heterocycles. The van der Waals surface area contributed by atoms with Gasteiger partial charge in [-0.1, -0.05) is 0 Å². The van der Waals surface area contributed by atoms with Crippen molar-refractivity contribution in [2.45, 2.75) is 32.2 Å². The first-order valence-corrected chi connectivity index (χ1v) is 6.72. The number of aryl methyl sites for hydroxylation is 2. The third kappa shape index (κ3) is 1.89. The summed E-state index contributed by atoms with van der Waals surface area (Å²) in [5, 5.41) is 13.9. The van der Waals surface area contributed by atoms with Crippen LogP contribution in [0, 0.1) is 6.92 Å². The molecule has 1 aliphatic rings. The number of hydrogen-bond acceptors (Lipinski definition) is 4. The van der Waals surface area contributed by atoms with Gasteiger partial charge in [0.15, 0.2) is 5.82 Å². The van der Waals surface area contributed by atoms with Gasteiger partial charge in [-0.2, -0.15) is 0 Å². The number of rotatable bonds is 2. The third-order valence-electron chi connectivity index (χ3n) is 3.16. The highest BCUT2D eigenvalue weighted by molar-refractivity contribution is 7.15. The molecule has 90 valence electrons. The molecular formula is C12H15N3OS. The van der Waals surface area contributed by atoms with E-state index in [4.69, 9.17) is 0 Å². The van der Waals surface area contributed by atoms with Gasteiger partial charge in [0.2, 0.25) is 0 Å². The first kappa shape index (κ1) is 10.9. The van der Waals surface area contributed by atoms with Gasteiger partial charge in [-0.25, -0.2) is 9.67 Å². The van der Waals surface area contributed by atoms with Gasteiger partial charge < -0.3 is 5.11 Å². The Hall–Kier alpha value is -1.20. The average molecular weight is 249 g/mol. The lowest BCUT2D eigenvalue weighted by molar-refractivity contribution is 0.195. The Morgan fingerprint density at radius 2 is 2.41 bits per heavy atom. The molecule has 4 nitrogen and oxygen atoms in total. The zero-order valence-corrected chi connectivity index (χ0v) is 10.6. The fourth-order valence-electron chi connectivity index (χ4n) is 2.26. The number of hydrogen-bond donors (Lipinski definition) is 1. The molecule has 0 aliphatic carbocycles. The predicted molar refractivity (Wildman–Crippen MR) is 67.1 cm³/mol. The van der Waals surface area contributed by atoms with Gasteiger partial charge in [-0.15, -0.1) is 16.4 Å². The van der Waals surface area contributed by atoms with Crippen LogP contribution in [-0.4, -0.2) is 26.5 Å². The molecule has 1 N–H and O–H groups in total. The molecule has 0 aromatic carbocycles. The van der Waals surface area contributed by atoms with Crippen LogP contribution in [0.25, 0.3) is 10.7 Å². The Morgan fingerprint density at radius 1 is 1.53 bits per heavy atom. The van der Waals surface area contributed by atoms with Crippen LogP contribution in [0.15, 0.2) is 12.1 Å². The minimum absolute atomic E-state index is 0.112. The molecule has 2 aromatic rings. The number of nitrogens with zero attached hydrogens (tertiary/aromatic N) is 3. The molecule has 0 saturated carbocycles. The molecule has 1 atom stereocenters. The molecule has 1 unspecified atom stereocenters. The van der Waals surface area contributed by atoms with Crippen molar-refractivity contribution in [2.75, 3.05) is 6.61 Å². The maximum atomic E-state index is 9.34. The lowest BCUT2D eigenvalue weighted by atomic mass is 10.1. The SMILES string of the molecule is Cc1ccc(-c2nc3n(n2)C(CO)CCC3)s1. The van der Waals surface area contributed by atoms with E-state index in [-0.39, 0.29) is 12.6 Å². The quantitative estimate of drug-likeness (QED) is 0.887. The van der Waals surface area contributed by atoms with Crippen LogP contribution >= 0.6 is 11.3 Å². The van der Waals surface area contributed by atoms with Crippen LogP contribution in [0.1, 0.15) is 29.6 Å². The van der Waals surface area contributed by atoms with Gasteiger partial charge >= 0.3 is 0 Å². The van der Waals surface area contributed by atoms with Crippen molar-refractivity contribution in [3.63, 3.8) is 0 Å². The highest BCUT2D eigenvalue weighted by Crippen LogP contribution is 2.29. The molecule has 0 radical (unpaired) electrons. The molecule has 0 amide bonds. The summed E-state index contributed by atoms with van der Waals surface area (Å²) in [7, 11) is 0. The van der Waals surface area contributed by atoms with Crippen molar-refractivity contribution in [1.29, 1.82) is 0 Å². The molecule has 3 heterocycles. The summed E-state index contributed by atoms with van der Waals surface area (Å²) in [6.07, 6.45) is 3.05. The lowest BCUT2D eigenvalue weighted by Crippen LogP contribution is -2.21. The van der Waals surface area contributed by atoms with E-state index in [9.17, 15) is 5.11 Å². The number of thiophene rings is 1. The van der Waals surface area contributed by atoms with Crippen LogP contribution in [0.5, 0.6) is 0 Å². The zero-order valence-electron chi connectivity index (χ0n) is 9.76. The Bertz CT molecular complexity index is 532. The molecule has 0 spiro atoms. The topological polar surface area (TPSA) is 50.9 Å². The van der Waals surface area contributed by atoms with E-state index in [0.717, 1.165) is 35.8 Å². The van der Waals surface area contributed by atoms with Gasteiger partial charge in [-0.3, -0.25) is 0 Å². The highest BCUT2D eigenvalue weighted by atomic mass is 32.1. The van der Waals surface area contributed by atoms with E-state index < -0.39 is 0 Å². The first-order valence-electron chi connectivity index (χ1n) is 5.91. The van der Waals surface area contributed by atoms with Crippen molar-refractivity contribution in [1.82, 2.24) is 14.8 Å². The van der Waals surface area contributed by atoms with Gasteiger partial charge in [0.1, 0.15) is 5.82 Å². The van der Waals surface area contributed by atoms with Crippen molar-refractivity contribution in [2.24, 2.45) is 0 Å². The normalized spacial score (nSPS) is 19.3. The molecular weight excluding hydrogens is 234 g/mol. The molecule has 0 saturated heterocycles. The fraction of sp³-hybridized carbons (Fsp3) is 0.500. The molecule has 5 heteroatoms. The average Bonchev–Trinajstić information content (AvgIpc) is 2.93. The van der Waals surface area contributed by atoms with Gasteiger partial charge in [-0.05, 0) is 31.9 Å². The van der Waals surface area contributed by atoms with Gasteiger partial charge in [0.25, 0.3) is 0 Å². The molecule has 0 bridgehead atoms. The summed E-state index contributed by atoms with van der Waals surface area (Å²) in [5.74, 6) is 1.81. The minimum atomic E-state index is 0.112. The van der Waals surface area contributed by atoms with Gasteiger partial charge in [0, 0.05) is 11.3 Å². The number of aliphatic hydroxyl groups is 1. The Kier molecular flexibility index (Phi) is 2.72. The third-order valence-corrected chi connectivity index (χ3v) is 4.15. The maximum Gasteiger partial charge on any atom is 0.191 e. The van der Waals surface area contributed by atoms with Crippen LogP contribution < -0.4 is 0 Å². The Balaban J connectivity index is 2.01. The van der Waals surface area contributed by atoms with Crippen LogP contribution in [0.4, 0.5) is 0 Å². The van der Waals surface area contributed by atoms with E-state index in [0.29, 0.717) is 0 Å². The summed E-state index contributed by atoms with van der Waals surface area (Å²) < 4.78 is 1.91. The summed E-state index contributed by atoms with van der Waals surface area (Å²) in [6, 6.07) is 4.26. The highest BCUT2D eigenvalue weighted by Gasteiger charge is 2.23. The molecule has 2 aromatic heterocycles. The van der Waals surface area contributed by atoms with Crippen LogP contribution in [0.2, 0.25) is 0 Å². The Labute approximate surface area is 104 Å². The second-order valence-electron chi connectivity index (χ2n) is 4.44. The standard InChI is InChI=1S/C12H15N3OS/c1-8-5-6-10(17-8)12-13-11-4-2-3-9(7-16)15(11)14-12/h5-6,9,16H,2-4,7H2,1H3. The number of fused-ring (bicyclic) bond motifs is 1. The molecule has 17 heavy (non-hydrogen) atoms. The number of aromatic nitrogens is 3. The lowest BCUT2D eigenvalue weighted by Gasteiger charge is -2.20. The first-order chi connectivity index (χ1) is 8.28.